The summed E-state index contributed by atoms with van der Waals surface area (Å²) in [5.41, 5.74) is 1.82. The highest BCUT2D eigenvalue weighted by molar-refractivity contribution is 8.00. The van der Waals surface area contributed by atoms with E-state index in [0.29, 0.717) is 47.3 Å². The highest BCUT2D eigenvalue weighted by Gasteiger charge is 2.12. The van der Waals surface area contributed by atoms with E-state index in [1.807, 2.05) is 44.2 Å². The van der Waals surface area contributed by atoms with Gasteiger partial charge in [-0.05, 0) is 44.2 Å². The van der Waals surface area contributed by atoms with E-state index in [9.17, 15) is 9.59 Å². The molecule has 0 aromatic heterocycles. The Morgan fingerprint density at radius 1 is 0.806 bits per heavy atom. The zero-order chi connectivity index (χ0) is 22.1. The zero-order valence-electron chi connectivity index (χ0n) is 17.6. The van der Waals surface area contributed by atoms with Gasteiger partial charge in [0.15, 0.2) is 17.3 Å². The van der Waals surface area contributed by atoms with Gasteiger partial charge in [0.25, 0.3) is 5.91 Å². The van der Waals surface area contributed by atoms with E-state index in [0.717, 1.165) is 4.90 Å². The van der Waals surface area contributed by atoms with Crippen LogP contribution in [0, 0.1) is 0 Å². The number of anilines is 1. The second-order valence-electron chi connectivity index (χ2n) is 6.59. The molecule has 0 aliphatic heterocycles. The number of rotatable bonds is 10. The van der Waals surface area contributed by atoms with Crippen LogP contribution in [0.15, 0.2) is 77.7 Å². The molecule has 0 aliphatic rings. The lowest BCUT2D eigenvalue weighted by Crippen LogP contribution is -2.12. The van der Waals surface area contributed by atoms with Crippen LogP contribution in [0.25, 0.3) is 0 Å². The summed E-state index contributed by atoms with van der Waals surface area (Å²) in [5, 5.41) is 2.89. The van der Waals surface area contributed by atoms with Crippen molar-refractivity contribution in [1.29, 1.82) is 0 Å². The van der Waals surface area contributed by atoms with Crippen LogP contribution in [0.2, 0.25) is 0 Å². The molecule has 0 atom stereocenters. The van der Waals surface area contributed by atoms with E-state index < -0.39 is 0 Å². The minimum atomic E-state index is -0.233. The van der Waals surface area contributed by atoms with Crippen LogP contribution < -0.4 is 14.8 Å². The summed E-state index contributed by atoms with van der Waals surface area (Å²) in [6, 6.07) is 21.7. The van der Waals surface area contributed by atoms with Crippen LogP contribution in [0.1, 0.15) is 34.6 Å². The Labute approximate surface area is 186 Å². The lowest BCUT2D eigenvalue weighted by atomic mass is 10.2. The van der Waals surface area contributed by atoms with Gasteiger partial charge in [0, 0.05) is 27.8 Å². The second kappa shape index (κ2) is 11.2. The number of thioether (sulfide) groups is 1. The number of carbonyl (C=O) groups excluding carboxylic acids is 2. The molecule has 0 heterocycles. The van der Waals surface area contributed by atoms with Crippen LogP contribution in [0.5, 0.6) is 11.5 Å². The molecule has 0 unspecified atom stereocenters. The first kappa shape index (κ1) is 22.4. The van der Waals surface area contributed by atoms with Gasteiger partial charge in [0.05, 0.1) is 19.0 Å². The third kappa shape index (κ3) is 6.36. The number of nitrogens with one attached hydrogen (secondary N) is 1. The summed E-state index contributed by atoms with van der Waals surface area (Å²) >= 11 is 1.41. The zero-order valence-corrected chi connectivity index (χ0v) is 18.4. The molecule has 1 N–H and O–H groups in total. The predicted octanol–water partition coefficient (Wildman–Crippen LogP) is 5.71. The van der Waals surface area contributed by atoms with Crippen molar-refractivity contribution in [1.82, 2.24) is 0 Å². The second-order valence-corrected chi connectivity index (χ2v) is 7.64. The molecular weight excluding hydrogens is 410 g/mol. The molecule has 3 aromatic carbocycles. The molecule has 0 bridgehead atoms. The van der Waals surface area contributed by atoms with Gasteiger partial charge in [-0.15, -0.1) is 11.8 Å². The maximum absolute atomic E-state index is 12.7. The van der Waals surface area contributed by atoms with Gasteiger partial charge >= 0.3 is 0 Å². The van der Waals surface area contributed by atoms with Gasteiger partial charge in [-0.3, -0.25) is 9.59 Å². The summed E-state index contributed by atoms with van der Waals surface area (Å²) in [6.07, 6.45) is 0. The van der Waals surface area contributed by atoms with Gasteiger partial charge in [-0.25, -0.2) is 0 Å². The van der Waals surface area contributed by atoms with Gasteiger partial charge in [-0.2, -0.15) is 0 Å². The van der Waals surface area contributed by atoms with Crippen molar-refractivity contribution in [2.75, 3.05) is 24.3 Å². The number of carbonyl (C=O) groups is 2. The van der Waals surface area contributed by atoms with Crippen molar-refractivity contribution in [3.63, 3.8) is 0 Å². The van der Waals surface area contributed by atoms with Crippen molar-refractivity contribution >= 4 is 29.1 Å². The third-order valence-corrected chi connectivity index (χ3v) is 5.36. The summed E-state index contributed by atoms with van der Waals surface area (Å²) in [5.74, 6) is 1.36. The maximum atomic E-state index is 12.7. The lowest BCUT2D eigenvalue weighted by molar-refractivity contribution is 0.101. The lowest BCUT2D eigenvalue weighted by Gasteiger charge is -2.13. The molecule has 0 spiro atoms. The molecule has 160 valence electrons. The summed E-state index contributed by atoms with van der Waals surface area (Å²) in [4.78, 5) is 25.9. The molecule has 3 rings (SSSR count). The van der Waals surface area contributed by atoms with Crippen molar-refractivity contribution in [3.05, 3.63) is 83.9 Å². The molecule has 3 aromatic rings. The maximum Gasteiger partial charge on any atom is 0.255 e. The largest absolute Gasteiger partial charge is 0.490 e. The molecular formula is C25H25NO4S. The number of benzene rings is 3. The first-order valence-electron chi connectivity index (χ1n) is 10.1. The molecule has 0 saturated carbocycles. The van der Waals surface area contributed by atoms with Crippen molar-refractivity contribution in [2.24, 2.45) is 0 Å². The van der Waals surface area contributed by atoms with Crippen LogP contribution in [0.4, 0.5) is 5.69 Å². The number of hydrogen-bond acceptors (Lipinski definition) is 5. The van der Waals surface area contributed by atoms with E-state index >= 15 is 0 Å². The first-order chi connectivity index (χ1) is 15.1. The molecule has 1 amide bonds. The van der Waals surface area contributed by atoms with E-state index in [-0.39, 0.29) is 11.7 Å². The minimum Gasteiger partial charge on any atom is -0.490 e. The van der Waals surface area contributed by atoms with Crippen molar-refractivity contribution in [3.8, 4) is 11.5 Å². The standard InChI is InChI=1S/C25H25NO4S/c1-3-29-23-14-13-20(16-24(23)30-4-2)26-25(28)19-11-8-12-21(15-19)31-17-22(27)18-9-6-5-7-10-18/h5-16H,3-4,17H2,1-2H3,(H,26,28). The van der Waals surface area contributed by atoms with Crippen molar-refractivity contribution in [2.45, 2.75) is 18.7 Å². The van der Waals surface area contributed by atoms with Gasteiger partial charge in [0.1, 0.15) is 0 Å². The Bertz CT molecular complexity index is 1040. The Balaban J connectivity index is 1.66. The molecule has 31 heavy (non-hydrogen) atoms. The van der Waals surface area contributed by atoms with Gasteiger partial charge < -0.3 is 14.8 Å². The highest BCUT2D eigenvalue weighted by atomic mass is 32.2. The summed E-state index contributed by atoms with van der Waals surface area (Å²) in [7, 11) is 0. The summed E-state index contributed by atoms with van der Waals surface area (Å²) in [6.45, 7) is 4.83. The predicted molar refractivity (Wildman–Crippen MR) is 125 cm³/mol. The highest BCUT2D eigenvalue weighted by Crippen LogP contribution is 2.31. The van der Waals surface area contributed by atoms with E-state index in [2.05, 4.69) is 5.32 Å². The monoisotopic (exact) mass is 435 g/mol. The smallest absolute Gasteiger partial charge is 0.255 e. The number of Topliss-reactive ketones (excluding diaryl/α,β-unsaturated/α-hetero) is 1. The van der Waals surface area contributed by atoms with Crippen LogP contribution >= 0.6 is 11.8 Å². The Morgan fingerprint density at radius 3 is 2.26 bits per heavy atom. The SMILES string of the molecule is CCOc1ccc(NC(=O)c2cccc(SCC(=O)c3ccccc3)c2)cc1OCC. The molecule has 0 radical (unpaired) electrons. The third-order valence-electron chi connectivity index (χ3n) is 4.36. The Hall–Kier alpha value is -3.25. The number of amides is 1. The average Bonchev–Trinajstić information content (AvgIpc) is 2.80. The molecule has 5 nitrogen and oxygen atoms in total. The van der Waals surface area contributed by atoms with Gasteiger partial charge in [-0.1, -0.05) is 36.4 Å². The summed E-state index contributed by atoms with van der Waals surface area (Å²) < 4.78 is 11.2. The quantitative estimate of drug-likeness (QED) is 0.326. The van der Waals surface area contributed by atoms with Crippen LogP contribution in [-0.2, 0) is 0 Å². The fourth-order valence-electron chi connectivity index (χ4n) is 2.92. The fourth-order valence-corrected chi connectivity index (χ4v) is 3.77. The Kier molecular flexibility index (Phi) is 8.12. The molecule has 0 fully saturated rings. The normalized spacial score (nSPS) is 10.4. The number of hydrogen-bond donors (Lipinski definition) is 1. The average molecular weight is 436 g/mol. The van der Waals surface area contributed by atoms with Crippen LogP contribution in [-0.4, -0.2) is 30.7 Å². The number of ketones is 1. The van der Waals surface area contributed by atoms with Crippen LogP contribution in [0.3, 0.4) is 0 Å². The first-order valence-corrected chi connectivity index (χ1v) is 11.1. The fraction of sp³-hybridized carbons (Fsp3) is 0.200. The topological polar surface area (TPSA) is 64.6 Å². The van der Waals surface area contributed by atoms with E-state index in [1.54, 1.807) is 42.5 Å². The minimum absolute atomic E-state index is 0.0540. The number of ether oxygens (including phenoxy) is 2. The van der Waals surface area contributed by atoms with Gasteiger partial charge in [0.2, 0.25) is 0 Å². The molecule has 6 heteroatoms. The van der Waals surface area contributed by atoms with E-state index in [4.69, 9.17) is 9.47 Å². The van der Waals surface area contributed by atoms with Crippen molar-refractivity contribution < 1.29 is 19.1 Å². The molecule has 0 saturated heterocycles. The Morgan fingerprint density at radius 2 is 1.52 bits per heavy atom. The molecule has 0 aliphatic carbocycles. The van der Waals surface area contributed by atoms with E-state index in [1.165, 1.54) is 11.8 Å².